The summed E-state index contributed by atoms with van der Waals surface area (Å²) in [5.74, 6) is -0.926. The van der Waals surface area contributed by atoms with Gasteiger partial charge in [-0.3, -0.25) is 19.3 Å². The topological polar surface area (TPSA) is 136 Å². The molecule has 2 aromatic heterocycles. The Hall–Kier alpha value is -3.75. The number of carboxylic acids is 1. The molecule has 0 aliphatic carbocycles. The summed E-state index contributed by atoms with van der Waals surface area (Å²) in [4.78, 5) is 27.0. The summed E-state index contributed by atoms with van der Waals surface area (Å²) in [5, 5.41) is 19.7. The molecule has 0 spiro atoms. The second-order valence-corrected chi connectivity index (χ2v) is 7.27. The average Bonchev–Trinajstić information content (AvgIpc) is 3.22. The maximum absolute atomic E-state index is 12.4. The van der Waals surface area contributed by atoms with Gasteiger partial charge in [-0.15, -0.1) is 5.10 Å². The number of hydrogen-bond donors (Lipinski definition) is 3. The number of benzene rings is 1. The third-order valence-electron chi connectivity index (χ3n) is 4.79. The minimum Gasteiger partial charge on any atom is -0.481 e. The number of aliphatic carboxylic acids is 1. The molecule has 31 heavy (non-hydrogen) atoms. The van der Waals surface area contributed by atoms with Crippen LogP contribution in [0.3, 0.4) is 0 Å². The Balaban J connectivity index is 1.47. The zero-order valence-electron chi connectivity index (χ0n) is 17.2. The highest BCUT2D eigenvalue weighted by Gasteiger charge is 2.10. The van der Waals surface area contributed by atoms with E-state index < -0.39 is 5.97 Å². The van der Waals surface area contributed by atoms with Crippen molar-refractivity contribution in [1.82, 2.24) is 20.0 Å². The number of amides is 1. The predicted octanol–water partition coefficient (Wildman–Crippen LogP) is 3.14. The van der Waals surface area contributed by atoms with Gasteiger partial charge in [-0.2, -0.15) is 0 Å². The van der Waals surface area contributed by atoms with Crippen molar-refractivity contribution in [2.45, 2.75) is 45.1 Å². The van der Waals surface area contributed by atoms with Crippen LogP contribution in [0.5, 0.6) is 0 Å². The molecule has 9 heteroatoms. The molecule has 4 N–H and O–H groups in total. The smallest absolute Gasteiger partial charge is 0.303 e. The van der Waals surface area contributed by atoms with Crippen molar-refractivity contribution in [2.24, 2.45) is 0 Å². The molecule has 1 amide bonds. The SMILES string of the molecule is Nc1ccc(-c2cccnc2)cc1NC(=O)CCc1cn(CCCCCC(=O)O)nn1. The maximum Gasteiger partial charge on any atom is 0.303 e. The van der Waals surface area contributed by atoms with Gasteiger partial charge in [-0.1, -0.05) is 23.8 Å². The van der Waals surface area contributed by atoms with Crippen molar-refractivity contribution in [1.29, 1.82) is 0 Å². The summed E-state index contributed by atoms with van der Waals surface area (Å²) in [6, 6.07) is 9.29. The van der Waals surface area contributed by atoms with Crippen LogP contribution in [-0.2, 0) is 22.6 Å². The van der Waals surface area contributed by atoms with Gasteiger partial charge in [-0.05, 0) is 36.6 Å². The van der Waals surface area contributed by atoms with E-state index in [2.05, 4.69) is 20.6 Å². The van der Waals surface area contributed by atoms with Gasteiger partial charge in [0.1, 0.15) is 0 Å². The third kappa shape index (κ3) is 6.91. The molecule has 162 valence electrons. The highest BCUT2D eigenvalue weighted by molar-refractivity contribution is 5.95. The summed E-state index contributed by atoms with van der Waals surface area (Å²) in [7, 11) is 0. The zero-order valence-corrected chi connectivity index (χ0v) is 17.2. The molecule has 3 rings (SSSR count). The zero-order chi connectivity index (χ0) is 22.1. The van der Waals surface area contributed by atoms with Crippen molar-refractivity contribution < 1.29 is 14.7 Å². The van der Waals surface area contributed by atoms with Crippen LogP contribution in [0.2, 0.25) is 0 Å². The van der Waals surface area contributed by atoms with Crippen molar-refractivity contribution in [3.63, 3.8) is 0 Å². The standard InChI is InChI=1S/C22H26N6O3/c23-19-9-7-16(17-5-4-11-24-14-17)13-20(19)25-21(29)10-8-18-15-28(27-26-18)12-3-1-2-6-22(30)31/h4-5,7,9,11,13-15H,1-3,6,8,10,12,23H2,(H,25,29)(H,30,31). The number of carbonyl (C=O) groups is 2. The van der Waals surface area contributed by atoms with Gasteiger partial charge in [0, 0.05) is 50.0 Å². The maximum atomic E-state index is 12.4. The highest BCUT2D eigenvalue weighted by atomic mass is 16.4. The number of rotatable bonds is 11. The summed E-state index contributed by atoms with van der Waals surface area (Å²) >= 11 is 0. The number of carbonyl (C=O) groups excluding carboxylic acids is 1. The van der Waals surface area contributed by atoms with E-state index in [9.17, 15) is 9.59 Å². The van der Waals surface area contributed by atoms with E-state index in [0.717, 1.165) is 29.7 Å². The lowest BCUT2D eigenvalue weighted by Crippen LogP contribution is -2.13. The number of aromatic nitrogens is 4. The molecule has 2 heterocycles. The molecule has 0 radical (unpaired) electrons. The first-order valence-electron chi connectivity index (χ1n) is 10.2. The number of hydrogen-bond acceptors (Lipinski definition) is 6. The second kappa shape index (κ2) is 10.9. The number of nitrogens with one attached hydrogen (secondary N) is 1. The Morgan fingerprint density at radius 3 is 2.74 bits per heavy atom. The highest BCUT2D eigenvalue weighted by Crippen LogP contribution is 2.27. The number of nitrogens with two attached hydrogens (primary N) is 1. The fourth-order valence-electron chi connectivity index (χ4n) is 3.12. The van der Waals surface area contributed by atoms with Gasteiger partial charge in [0.05, 0.1) is 17.1 Å². The summed E-state index contributed by atoms with van der Waals surface area (Å²) in [5.41, 5.74) is 9.68. The monoisotopic (exact) mass is 422 g/mol. The van der Waals surface area contributed by atoms with Gasteiger partial charge in [0.2, 0.25) is 5.91 Å². The molecule has 0 aliphatic rings. The second-order valence-electron chi connectivity index (χ2n) is 7.27. The van der Waals surface area contributed by atoms with E-state index in [0.29, 0.717) is 30.8 Å². The quantitative estimate of drug-likeness (QED) is 0.319. The van der Waals surface area contributed by atoms with Crippen LogP contribution in [-0.4, -0.2) is 37.0 Å². The van der Waals surface area contributed by atoms with E-state index in [1.165, 1.54) is 0 Å². The molecule has 3 aromatic rings. The Morgan fingerprint density at radius 1 is 1.10 bits per heavy atom. The lowest BCUT2D eigenvalue weighted by molar-refractivity contribution is -0.137. The molecular formula is C22H26N6O3. The van der Waals surface area contributed by atoms with Gasteiger partial charge in [0.15, 0.2) is 0 Å². The molecule has 0 atom stereocenters. The lowest BCUT2D eigenvalue weighted by atomic mass is 10.1. The number of pyridine rings is 1. The van der Waals surface area contributed by atoms with Crippen LogP contribution >= 0.6 is 0 Å². The number of aryl methyl sites for hydroxylation is 2. The number of unbranched alkanes of at least 4 members (excludes halogenated alkanes) is 2. The van der Waals surface area contributed by atoms with Crippen molar-refractivity contribution in [2.75, 3.05) is 11.1 Å². The van der Waals surface area contributed by atoms with Gasteiger partial charge in [0.25, 0.3) is 0 Å². The molecule has 0 saturated heterocycles. The third-order valence-corrected chi connectivity index (χ3v) is 4.79. The Labute approximate surface area is 180 Å². The van der Waals surface area contributed by atoms with Gasteiger partial charge < -0.3 is 16.2 Å². The van der Waals surface area contributed by atoms with Crippen LogP contribution in [0.25, 0.3) is 11.1 Å². The van der Waals surface area contributed by atoms with E-state index in [4.69, 9.17) is 10.8 Å². The average molecular weight is 422 g/mol. The molecular weight excluding hydrogens is 396 g/mol. The molecule has 9 nitrogen and oxygen atoms in total. The summed E-state index contributed by atoms with van der Waals surface area (Å²) < 4.78 is 1.73. The molecule has 0 saturated carbocycles. The molecule has 0 unspecified atom stereocenters. The summed E-state index contributed by atoms with van der Waals surface area (Å²) in [6.07, 6.45) is 8.51. The van der Waals surface area contributed by atoms with E-state index in [1.807, 2.05) is 30.5 Å². The van der Waals surface area contributed by atoms with Crippen molar-refractivity contribution in [3.05, 3.63) is 54.6 Å². The van der Waals surface area contributed by atoms with Crippen LogP contribution in [0.1, 0.15) is 37.8 Å². The van der Waals surface area contributed by atoms with Crippen LogP contribution in [0.4, 0.5) is 11.4 Å². The molecule has 1 aromatic carbocycles. The fraction of sp³-hybridized carbons (Fsp3) is 0.318. The molecule has 0 bridgehead atoms. The lowest BCUT2D eigenvalue weighted by Gasteiger charge is -2.10. The van der Waals surface area contributed by atoms with Gasteiger partial charge >= 0.3 is 5.97 Å². The van der Waals surface area contributed by atoms with E-state index in [1.54, 1.807) is 23.1 Å². The summed E-state index contributed by atoms with van der Waals surface area (Å²) in [6.45, 7) is 0.677. The Kier molecular flexibility index (Phi) is 7.69. The Morgan fingerprint density at radius 2 is 1.97 bits per heavy atom. The van der Waals surface area contributed by atoms with Crippen LogP contribution in [0.15, 0.2) is 48.9 Å². The van der Waals surface area contributed by atoms with Crippen molar-refractivity contribution >= 4 is 23.3 Å². The first-order valence-corrected chi connectivity index (χ1v) is 10.2. The van der Waals surface area contributed by atoms with Crippen LogP contribution in [0, 0.1) is 0 Å². The Bertz CT molecular complexity index is 1020. The first-order chi connectivity index (χ1) is 15.0. The molecule has 0 aliphatic heterocycles. The number of anilines is 2. The fourth-order valence-corrected chi connectivity index (χ4v) is 3.12. The minimum absolute atomic E-state index is 0.154. The largest absolute Gasteiger partial charge is 0.481 e. The normalized spacial score (nSPS) is 10.7. The number of nitrogens with zero attached hydrogens (tertiary/aromatic N) is 4. The predicted molar refractivity (Wildman–Crippen MR) is 117 cm³/mol. The first kappa shape index (κ1) is 21.9. The van der Waals surface area contributed by atoms with Crippen LogP contribution < -0.4 is 11.1 Å². The van der Waals surface area contributed by atoms with E-state index >= 15 is 0 Å². The minimum atomic E-state index is -0.771. The number of nitrogen functional groups attached to an aromatic ring is 1. The van der Waals surface area contributed by atoms with Crippen molar-refractivity contribution in [3.8, 4) is 11.1 Å². The number of carboxylic acid groups (broad SMARTS) is 1. The molecule has 0 fully saturated rings. The van der Waals surface area contributed by atoms with Gasteiger partial charge in [-0.25, -0.2) is 0 Å². The van der Waals surface area contributed by atoms with E-state index in [-0.39, 0.29) is 18.7 Å².